The van der Waals surface area contributed by atoms with Gasteiger partial charge in [-0.05, 0) is 48.6 Å². The van der Waals surface area contributed by atoms with Crippen LogP contribution in [0.4, 0.5) is 0 Å². The lowest BCUT2D eigenvalue weighted by Crippen LogP contribution is -2.40. The summed E-state index contributed by atoms with van der Waals surface area (Å²) in [5.74, 6) is 2.32. The number of aryl methyl sites for hydroxylation is 1. The first-order chi connectivity index (χ1) is 16.4. The van der Waals surface area contributed by atoms with E-state index in [0.717, 1.165) is 11.3 Å². The Morgan fingerprint density at radius 3 is 2.35 bits per heavy atom. The predicted molar refractivity (Wildman–Crippen MR) is 129 cm³/mol. The molecule has 0 unspecified atom stereocenters. The Hall–Kier alpha value is -3.48. The second kappa shape index (κ2) is 10.6. The summed E-state index contributed by atoms with van der Waals surface area (Å²) in [6.07, 6.45) is 2.06. The normalized spacial score (nSPS) is 14.4. The minimum absolute atomic E-state index is 0.0522. The Morgan fingerprint density at radius 1 is 1.06 bits per heavy atom. The highest BCUT2D eigenvalue weighted by Gasteiger charge is 2.28. The van der Waals surface area contributed by atoms with Crippen LogP contribution in [0.1, 0.15) is 60.8 Å². The summed E-state index contributed by atoms with van der Waals surface area (Å²) in [5.41, 5.74) is 2.85. The number of ether oxygens (including phenoxy) is 1. The molecular formula is C27H31N3O4. The second-order valence-corrected chi connectivity index (χ2v) is 9.04. The van der Waals surface area contributed by atoms with Crippen molar-refractivity contribution in [3.8, 4) is 17.1 Å². The number of likely N-dealkylation sites (tertiary alicyclic amines) is 1. The lowest BCUT2D eigenvalue weighted by atomic mass is 9.88. The zero-order valence-corrected chi connectivity index (χ0v) is 20.0. The molecule has 3 aromatic rings. The summed E-state index contributed by atoms with van der Waals surface area (Å²) >= 11 is 0. The molecule has 0 saturated carbocycles. The van der Waals surface area contributed by atoms with Crippen LogP contribution >= 0.6 is 0 Å². The van der Waals surface area contributed by atoms with Gasteiger partial charge in [0.15, 0.2) is 5.78 Å². The molecule has 178 valence electrons. The van der Waals surface area contributed by atoms with Crippen LogP contribution < -0.4 is 4.74 Å². The third-order valence-electron chi connectivity index (χ3n) is 6.45. The van der Waals surface area contributed by atoms with Crippen molar-refractivity contribution in [2.45, 2.75) is 45.4 Å². The van der Waals surface area contributed by atoms with Crippen molar-refractivity contribution in [3.05, 3.63) is 65.5 Å². The molecule has 7 heteroatoms. The summed E-state index contributed by atoms with van der Waals surface area (Å²) in [7, 11) is 1.60. The van der Waals surface area contributed by atoms with Gasteiger partial charge in [0.2, 0.25) is 17.6 Å². The first-order valence-electron chi connectivity index (χ1n) is 11.8. The summed E-state index contributed by atoms with van der Waals surface area (Å²) < 4.78 is 10.5. The molecule has 1 fully saturated rings. The molecule has 1 aliphatic rings. The van der Waals surface area contributed by atoms with Gasteiger partial charge < -0.3 is 14.2 Å². The number of benzene rings is 2. The fraction of sp³-hybridized carbons (Fsp3) is 0.407. The molecule has 0 aliphatic carbocycles. The fourth-order valence-corrected chi connectivity index (χ4v) is 4.24. The molecule has 2 aromatic carbocycles. The van der Waals surface area contributed by atoms with Crippen molar-refractivity contribution in [2.24, 2.45) is 5.92 Å². The number of amides is 1. The first-order valence-corrected chi connectivity index (χ1v) is 11.8. The Bertz CT molecular complexity index is 1110. The molecule has 4 rings (SSSR count). The number of piperidine rings is 1. The minimum Gasteiger partial charge on any atom is -0.497 e. The van der Waals surface area contributed by atoms with E-state index in [1.165, 1.54) is 5.56 Å². The van der Waals surface area contributed by atoms with Crippen LogP contribution in [0.25, 0.3) is 11.4 Å². The number of nitrogens with zero attached hydrogens (tertiary/aromatic N) is 3. The Balaban J connectivity index is 1.25. The molecule has 0 radical (unpaired) electrons. The number of Topliss-reactive ketones (excluding diaryl/α,β-unsaturated/α-hetero) is 1. The van der Waals surface area contributed by atoms with Crippen LogP contribution in [-0.2, 0) is 11.2 Å². The third-order valence-corrected chi connectivity index (χ3v) is 6.45. The van der Waals surface area contributed by atoms with Gasteiger partial charge in [-0.3, -0.25) is 9.59 Å². The SMILES string of the molecule is COc1ccc(C(=O)C2CCN(C(=O)CCc3nc(-c4ccc(C(C)C)cc4)no3)CC2)cc1. The van der Waals surface area contributed by atoms with Crippen LogP contribution in [0, 0.1) is 5.92 Å². The number of aromatic nitrogens is 2. The number of carbonyl (C=O) groups is 2. The quantitative estimate of drug-likeness (QED) is 0.443. The highest BCUT2D eigenvalue weighted by molar-refractivity contribution is 5.98. The fourth-order valence-electron chi connectivity index (χ4n) is 4.24. The molecule has 1 aromatic heterocycles. The van der Waals surface area contributed by atoms with Crippen molar-refractivity contribution >= 4 is 11.7 Å². The van der Waals surface area contributed by atoms with Crippen molar-refractivity contribution in [2.75, 3.05) is 20.2 Å². The van der Waals surface area contributed by atoms with Crippen LogP contribution in [0.2, 0.25) is 0 Å². The van der Waals surface area contributed by atoms with Crippen molar-refractivity contribution in [1.29, 1.82) is 0 Å². The predicted octanol–water partition coefficient (Wildman–Crippen LogP) is 4.92. The van der Waals surface area contributed by atoms with Crippen LogP contribution in [0.5, 0.6) is 5.75 Å². The first kappa shape index (κ1) is 23.7. The third kappa shape index (κ3) is 5.53. The number of carbonyl (C=O) groups excluding carboxylic acids is 2. The molecule has 0 atom stereocenters. The Kier molecular flexibility index (Phi) is 7.40. The maximum atomic E-state index is 12.8. The summed E-state index contributed by atoms with van der Waals surface area (Å²) in [6.45, 7) is 5.48. The summed E-state index contributed by atoms with van der Waals surface area (Å²) in [6, 6.07) is 15.3. The maximum Gasteiger partial charge on any atom is 0.227 e. The van der Waals surface area contributed by atoms with Crippen LogP contribution in [0.15, 0.2) is 53.1 Å². The van der Waals surface area contributed by atoms with E-state index in [1.807, 2.05) is 17.0 Å². The summed E-state index contributed by atoms with van der Waals surface area (Å²) in [5, 5.41) is 4.06. The maximum absolute atomic E-state index is 12.8. The summed E-state index contributed by atoms with van der Waals surface area (Å²) in [4.78, 5) is 31.8. The molecule has 7 nitrogen and oxygen atoms in total. The van der Waals surface area contributed by atoms with Gasteiger partial charge in [0, 0.05) is 43.0 Å². The zero-order valence-electron chi connectivity index (χ0n) is 20.0. The highest BCUT2D eigenvalue weighted by atomic mass is 16.5. The number of hydrogen-bond acceptors (Lipinski definition) is 6. The van der Waals surface area contributed by atoms with Gasteiger partial charge in [-0.1, -0.05) is 43.3 Å². The van der Waals surface area contributed by atoms with Crippen molar-refractivity contribution in [1.82, 2.24) is 15.0 Å². The van der Waals surface area contributed by atoms with Gasteiger partial charge in [0.1, 0.15) is 5.75 Å². The molecule has 34 heavy (non-hydrogen) atoms. The monoisotopic (exact) mass is 461 g/mol. The molecule has 2 heterocycles. The van der Waals surface area contributed by atoms with Gasteiger partial charge in [0.25, 0.3) is 0 Å². The van der Waals surface area contributed by atoms with E-state index >= 15 is 0 Å². The van der Waals surface area contributed by atoms with Gasteiger partial charge in [-0.15, -0.1) is 0 Å². The minimum atomic E-state index is -0.0574. The Morgan fingerprint density at radius 2 is 1.74 bits per heavy atom. The molecule has 0 spiro atoms. The molecule has 1 amide bonds. The van der Waals surface area contributed by atoms with E-state index in [4.69, 9.17) is 9.26 Å². The topological polar surface area (TPSA) is 85.5 Å². The number of methoxy groups -OCH3 is 1. The number of rotatable bonds is 8. The lowest BCUT2D eigenvalue weighted by molar-refractivity contribution is -0.132. The van der Waals surface area contributed by atoms with Crippen LogP contribution in [-0.4, -0.2) is 46.9 Å². The van der Waals surface area contributed by atoms with Gasteiger partial charge >= 0.3 is 0 Å². The molecular weight excluding hydrogens is 430 g/mol. The van der Waals surface area contributed by atoms with E-state index < -0.39 is 0 Å². The van der Waals surface area contributed by atoms with Gasteiger partial charge in [0.05, 0.1) is 7.11 Å². The lowest BCUT2D eigenvalue weighted by Gasteiger charge is -2.31. The van der Waals surface area contributed by atoms with E-state index in [2.05, 4.69) is 36.1 Å². The average molecular weight is 462 g/mol. The molecule has 1 aliphatic heterocycles. The smallest absolute Gasteiger partial charge is 0.227 e. The van der Waals surface area contributed by atoms with E-state index in [1.54, 1.807) is 31.4 Å². The molecule has 0 N–H and O–H groups in total. The van der Waals surface area contributed by atoms with Crippen molar-refractivity contribution < 1.29 is 18.8 Å². The van der Waals surface area contributed by atoms with E-state index in [9.17, 15) is 9.59 Å². The van der Waals surface area contributed by atoms with Crippen molar-refractivity contribution in [3.63, 3.8) is 0 Å². The zero-order chi connectivity index (χ0) is 24.1. The second-order valence-electron chi connectivity index (χ2n) is 9.04. The van der Waals surface area contributed by atoms with Gasteiger partial charge in [-0.25, -0.2) is 0 Å². The Labute approximate surface area is 200 Å². The van der Waals surface area contributed by atoms with E-state index in [-0.39, 0.29) is 17.6 Å². The number of ketones is 1. The van der Waals surface area contributed by atoms with E-state index in [0.29, 0.717) is 62.0 Å². The highest BCUT2D eigenvalue weighted by Crippen LogP contribution is 2.24. The molecule has 1 saturated heterocycles. The number of hydrogen-bond donors (Lipinski definition) is 0. The molecule has 0 bridgehead atoms. The largest absolute Gasteiger partial charge is 0.497 e. The van der Waals surface area contributed by atoms with Gasteiger partial charge in [-0.2, -0.15) is 4.98 Å². The van der Waals surface area contributed by atoms with Crippen LogP contribution in [0.3, 0.4) is 0 Å². The average Bonchev–Trinajstić information content (AvgIpc) is 3.36. The standard InChI is InChI=1S/C27H31N3O4/c1-18(2)19-4-6-22(7-5-19)27-28-24(34-29-27)12-13-25(31)30-16-14-21(15-17-30)26(32)20-8-10-23(33-3)11-9-20/h4-11,18,21H,12-17H2,1-3H3.